The smallest absolute Gasteiger partial charge is 0.232 e. The largest absolute Gasteiger partial charge is 0.384 e. The molecule has 0 spiro atoms. The molecule has 1 unspecified atom stereocenters. The molecule has 1 rings (SSSR count). The molecule has 0 saturated heterocycles. The second kappa shape index (κ2) is 5.79. The first kappa shape index (κ1) is 12.2. The highest BCUT2D eigenvalue weighted by Gasteiger charge is 2.26. The molecule has 72 valence electrons. The van der Waals surface area contributed by atoms with Crippen LogP contribution < -0.4 is 0 Å². The number of nitriles is 1. The summed E-state index contributed by atoms with van der Waals surface area (Å²) in [6.07, 6.45) is 5.85. The Morgan fingerprint density at radius 2 is 2.23 bits per heavy atom. The van der Waals surface area contributed by atoms with Crippen LogP contribution in [0.15, 0.2) is 12.2 Å². The summed E-state index contributed by atoms with van der Waals surface area (Å²) in [7, 11) is 5.38. The van der Waals surface area contributed by atoms with Crippen LogP contribution in [0, 0.1) is 11.2 Å². The molecule has 0 saturated carbocycles. The van der Waals surface area contributed by atoms with Gasteiger partial charge in [-0.1, -0.05) is 12.2 Å². The van der Waals surface area contributed by atoms with Crippen molar-refractivity contribution in [2.75, 3.05) is 20.6 Å². The van der Waals surface area contributed by atoms with E-state index in [2.05, 4.69) is 0 Å². The lowest BCUT2D eigenvalue weighted by Crippen LogP contribution is -2.36. The van der Waals surface area contributed by atoms with Crippen LogP contribution >= 0.6 is 0 Å². The van der Waals surface area contributed by atoms with Crippen LogP contribution in [0.5, 0.6) is 0 Å². The first-order valence-electron chi connectivity index (χ1n) is 4.40. The van der Waals surface area contributed by atoms with E-state index in [0.29, 0.717) is 0 Å². The zero-order valence-electron chi connectivity index (χ0n) is 8.62. The van der Waals surface area contributed by atoms with Crippen LogP contribution in [0.25, 0.3) is 0 Å². The van der Waals surface area contributed by atoms with Gasteiger partial charge in [0.15, 0.2) is 0 Å². The molecule has 1 aliphatic carbocycles. The number of allylic oxidation sites excluding steroid dienone is 1. The summed E-state index contributed by atoms with van der Waals surface area (Å²) in [4.78, 5) is 2.01. The molecular weight excluding hydrogens is 163 g/mol. The van der Waals surface area contributed by atoms with Crippen LogP contribution in [0.2, 0.25) is 0 Å². The Labute approximate surface area is 81.1 Å². The first-order chi connectivity index (χ1) is 6.04. The van der Waals surface area contributed by atoms with Gasteiger partial charge >= 0.3 is 0 Å². The second-order valence-corrected chi connectivity index (χ2v) is 3.51. The number of rotatable bonds is 2. The first-order valence-corrected chi connectivity index (χ1v) is 4.40. The molecule has 1 N–H and O–H groups in total. The topological polar surface area (TPSA) is 47.3 Å². The van der Waals surface area contributed by atoms with E-state index in [1.165, 1.54) is 7.85 Å². The van der Waals surface area contributed by atoms with Crippen molar-refractivity contribution < 1.29 is 5.11 Å². The second-order valence-electron chi connectivity index (χ2n) is 3.51. The van der Waals surface area contributed by atoms with Gasteiger partial charge in [0.25, 0.3) is 0 Å². The average Bonchev–Trinajstić information content (AvgIpc) is 2.35. The molecule has 13 heavy (non-hydrogen) atoms. The fourth-order valence-electron chi connectivity index (χ4n) is 1.40. The third-order valence-electron chi connectivity index (χ3n) is 1.76. The Hall–Kier alpha value is -0.785. The SMILES string of the molecule is BC#N.CN(C)CC1(O)C=CCC1. The Bertz CT molecular complexity index is 210. The molecule has 0 aromatic carbocycles. The van der Waals surface area contributed by atoms with Crippen molar-refractivity contribution in [3.63, 3.8) is 0 Å². The number of hydrogen-bond donors (Lipinski definition) is 1. The van der Waals surface area contributed by atoms with Crippen LogP contribution in [-0.4, -0.2) is 44.1 Å². The zero-order valence-corrected chi connectivity index (χ0v) is 8.62. The normalized spacial score (nSPS) is 25.2. The molecular formula is C9H17BN2O. The standard InChI is InChI=1S/C8H15NO.CH2BN/c1-9(2)7-8(10)5-3-4-6-8;2-1-3/h3,5,10H,4,6-7H2,1-2H3;2H2. The molecule has 4 heteroatoms. The van der Waals surface area contributed by atoms with Gasteiger partial charge in [-0.3, -0.25) is 0 Å². The van der Waals surface area contributed by atoms with Gasteiger partial charge < -0.3 is 10.0 Å². The van der Waals surface area contributed by atoms with E-state index in [4.69, 9.17) is 5.26 Å². The van der Waals surface area contributed by atoms with E-state index < -0.39 is 5.60 Å². The van der Waals surface area contributed by atoms with Crippen molar-refractivity contribution in [2.45, 2.75) is 18.4 Å². The van der Waals surface area contributed by atoms with Crippen LogP contribution in [-0.2, 0) is 0 Å². The van der Waals surface area contributed by atoms with E-state index in [1.807, 2.05) is 31.1 Å². The van der Waals surface area contributed by atoms with Gasteiger partial charge in [-0.05, 0) is 32.9 Å². The maximum absolute atomic E-state index is 9.73. The summed E-state index contributed by atoms with van der Waals surface area (Å²) in [6.45, 7) is 0.740. The zero-order chi connectivity index (χ0) is 10.3. The predicted molar refractivity (Wildman–Crippen MR) is 56.0 cm³/mol. The fourth-order valence-corrected chi connectivity index (χ4v) is 1.40. The lowest BCUT2D eigenvalue weighted by atomic mass is 10.0. The van der Waals surface area contributed by atoms with Crippen LogP contribution in [0.3, 0.4) is 0 Å². The van der Waals surface area contributed by atoms with Gasteiger partial charge in [0.1, 0.15) is 0 Å². The predicted octanol–water partition coefficient (Wildman–Crippen LogP) is -0.270. The highest BCUT2D eigenvalue weighted by Crippen LogP contribution is 2.22. The molecule has 0 bridgehead atoms. The fraction of sp³-hybridized carbons (Fsp3) is 0.667. The number of aliphatic hydroxyl groups is 1. The third-order valence-corrected chi connectivity index (χ3v) is 1.76. The summed E-state index contributed by atoms with van der Waals surface area (Å²) in [5, 5.41) is 17.1. The van der Waals surface area contributed by atoms with Crippen molar-refractivity contribution in [1.29, 1.82) is 5.26 Å². The van der Waals surface area contributed by atoms with Crippen molar-refractivity contribution in [3.05, 3.63) is 12.2 Å². The minimum absolute atomic E-state index is 0.538. The highest BCUT2D eigenvalue weighted by atomic mass is 16.3. The molecule has 1 atom stereocenters. The minimum atomic E-state index is -0.538. The van der Waals surface area contributed by atoms with E-state index in [-0.39, 0.29) is 0 Å². The van der Waals surface area contributed by atoms with E-state index in [0.717, 1.165) is 19.4 Å². The van der Waals surface area contributed by atoms with Crippen molar-refractivity contribution in [1.82, 2.24) is 4.90 Å². The van der Waals surface area contributed by atoms with Gasteiger partial charge in [0, 0.05) is 6.54 Å². The number of likely N-dealkylation sites (N-methyl/N-ethyl adjacent to an activating group) is 1. The molecule has 0 heterocycles. The van der Waals surface area contributed by atoms with E-state index in [9.17, 15) is 5.11 Å². The Morgan fingerprint density at radius 3 is 2.54 bits per heavy atom. The highest BCUT2D eigenvalue weighted by molar-refractivity contribution is 6.20. The molecule has 0 aromatic heterocycles. The number of nitrogens with zero attached hydrogens (tertiary/aromatic N) is 2. The summed E-state index contributed by atoms with van der Waals surface area (Å²) < 4.78 is 0. The van der Waals surface area contributed by atoms with Crippen LogP contribution in [0.4, 0.5) is 0 Å². The Balaban J connectivity index is 0.000000424. The van der Waals surface area contributed by atoms with Crippen LogP contribution in [0.1, 0.15) is 12.8 Å². The maximum atomic E-state index is 9.73. The van der Waals surface area contributed by atoms with Gasteiger partial charge in [-0.25, -0.2) is 5.26 Å². The summed E-state index contributed by atoms with van der Waals surface area (Å²) in [5.41, 5.74) is -0.538. The summed E-state index contributed by atoms with van der Waals surface area (Å²) in [5.74, 6) is 1.75. The van der Waals surface area contributed by atoms with E-state index >= 15 is 0 Å². The molecule has 1 aliphatic rings. The third kappa shape index (κ3) is 5.45. The van der Waals surface area contributed by atoms with Gasteiger partial charge in [-0.15, -0.1) is 0 Å². The monoisotopic (exact) mass is 180 g/mol. The lowest BCUT2D eigenvalue weighted by molar-refractivity contribution is 0.0617. The van der Waals surface area contributed by atoms with Crippen molar-refractivity contribution in [3.8, 4) is 5.97 Å². The Kier molecular flexibility index (Phi) is 5.44. The van der Waals surface area contributed by atoms with Crippen molar-refractivity contribution in [2.24, 2.45) is 0 Å². The molecule has 3 nitrogen and oxygen atoms in total. The molecule has 0 aromatic rings. The molecule has 0 amide bonds. The molecule has 0 radical (unpaired) electrons. The maximum Gasteiger partial charge on any atom is 0.232 e. The van der Waals surface area contributed by atoms with E-state index in [1.54, 1.807) is 5.97 Å². The van der Waals surface area contributed by atoms with Gasteiger partial charge in [0.2, 0.25) is 7.85 Å². The van der Waals surface area contributed by atoms with Gasteiger partial charge in [-0.2, -0.15) is 0 Å². The average molecular weight is 180 g/mol. The number of hydrogen-bond acceptors (Lipinski definition) is 3. The molecule has 0 fully saturated rings. The van der Waals surface area contributed by atoms with Crippen molar-refractivity contribution >= 4 is 7.85 Å². The quantitative estimate of drug-likeness (QED) is 0.470. The summed E-state index contributed by atoms with van der Waals surface area (Å²) in [6, 6.07) is 0. The lowest BCUT2D eigenvalue weighted by Gasteiger charge is -2.24. The minimum Gasteiger partial charge on any atom is -0.384 e. The summed E-state index contributed by atoms with van der Waals surface area (Å²) >= 11 is 0. The Morgan fingerprint density at radius 1 is 1.69 bits per heavy atom. The van der Waals surface area contributed by atoms with Gasteiger partial charge in [0.05, 0.1) is 5.60 Å². The molecule has 0 aliphatic heterocycles.